The van der Waals surface area contributed by atoms with Crippen LogP contribution in [0, 0.1) is 6.92 Å². The summed E-state index contributed by atoms with van der Waals surface area (Å²) in [6.07, 6.45) is 1.54. The molecule has 3 heteroatoms. The highest BCUT2D eigenvalue weighted by molar-refractivity contribution is 5.65. The molecule has 0 saturated heterocycles. The van der Waals surface area contributed by atoms with E-state index in [9.17, 15) is 0 Å². The average Bonchev–Trinajstić information content (AvgIpc) is 2.18. The molecule has 1 aromatic heterocycles. The monoisotopic (exact) mass is 185 g/mol. The normalized spacial score (nSPS) is 10.1. The van der Waals surface area contributed by atoms with Crippen LogP contribution >= 0.6 is 0 Å². The molecule has 70 valence electrons. The SMILES string of the molecule is Cc1ccccc1-c1cc(N)cnn1. The summed E-state index contributed by atoms with van der Waals surface area (Å²) < 4.78 is 0. The summed E-state index contributed by atoms with van der Waals surface area (Å²) in [5.41, 5.74) is 9.35. The molecular weight excluding hydrogens is 174 g/mol. The second-order valence-corrected chi connectivity index (χ2v) is 3.19. The van der Waals surface area contributed by atoms with Crippen molar-refractivity contribution in [1.29, 1.82) is 0 Å². The number of nitrogen functional groups attached to an aromatic ring is 1. The Kier molecular flexibility index (Phi) is 2.14. The first-order valence-corrected chi connectivity index (χ1v) is 4.41. The van der Waals surface area contributed by atoms with E-state index in [0.717, 1.165) is 11.3 Å². The van der Waals surface area contributed by atoms with Gasteiger partial charge in [-0.2, -0.15) is 10.2 Å². The van der Waals surface area contributed by atoms with Crippen LogP contribution in [0.25, 0.3) is 11.3 Å². The fourth-order valence-electron chi connectivity index (χ4n) is 1.37. The zero-order chi connectivity index (χ0) is 9.97. The molecule has 1 aromatic carbocycles. The first-order valence-electron chi connectivity index (χ1n) is 4.41. The van der Waals surface area contributed by atoms with Gasteiger partial charge in [0.05, 0.1) is 17.6 Å². The molecule has 0 radical (unpaired) electrons. The molecule has 1 heterocycles. The predicted octanol–water partition coefficient (Wildman–Crippen LogP) is 2.03. The second kappa shape index (κ2) is 3.46. The van der Waals surface area contributed by atoms with Crippen molar-refractivity contribution in [2.45, 2.75) is 6.92 Å². The first kappa shape index (κ1) is 8.69. The third-order valence-electron chi connectivity index (χ3n) is 2.10. The molecular formula is C11H11N3. The minimum Gasteiger partial charge on any atom is -0.397 e. The van der Waals surface area contributed by atoms with Crippen LogP contribution in [0.3, 0.4) is 0 Å². The largest absolute Gasteiger partial charge is 0.397 e. The van der Waals surface area contributed by atoms with Gasteiger partial charge in [-0.05, 0) is 18.6 Å². The average molecular weight is 185 g/mol. The molecule has 0 aliphatic heterocycles. The maximum atomic E-state index is 5.64. The van der Waals surface area contributed by atoms with Gasteiger partial charge in [0.15, 0.2) is 0 Å². The summed E-state index contributed by atoms with van der Waals surface area (Å²) in [4.78, 5) is 0. The first-order chi connectivity index (χ1) is 6.77. The van der Waals surface area contributed by atoms with Gasteiger partial charge in [0.25, 0.3) is 0 Å². The smallest absolute Gasteiger partial charge is 0.0952 e. The van der Waals surface area contributed by atoms with Crippen LogP contribution in [0.15, 0.2) is 36.5 Å². The molecule has 0 saturated carbocycles. The number of anilines is 1. The number of nitrogens with zero attached hydrogens (tertiary/aromatic N) is 2. The molecule has 2 aromatic rings. The highest BCUT2D eigenvalue weighted by Gasteiger charge is 2.02. The van der Waals surface area contributed by atoms with E-state index < -0.39 is 0 Å². The number of benzene rings is 1. The maximum Gasteiger partial charge on any atom is 0.0952 e. The van der Waals surface area contributed by atoms with E-state index in [2.05, 4.69) is 10.2 Å². The molecule has 0 unspecified atom stereocenters. The number of hydrogen-bond acceptors (Lipinski definition) is 3. The molecule has 2 N–H and O–H groups in total. The van der Waals surface area contributed by atoms with E-state index in [4.69, 9.17) is 5.73 Å². The molecule has 0 fully saturated rings. The molecule has 0 bridgehead atoms. The lowest BCUT2D eigenvalue weighted by Gasteiger charge is -2.03. The van der Waals surface area contributed by atoms with Crippen LogP contribution in [0.2, 0.25) is 0 Å². The zero-order valence-corrected chi connectivity index (χ0v) is 7.94. The highest BCUT2D eigenvalue weighted by atomic mass is 15.1. The van der Waals surface area contributed by atoms with Crippen molar-refractivity contribution in [1.82, 2.24) is 10.2 Å². The van der Waals surface area contributed by atoms with Crippen LogP contribution in [0.5, 0.6) is 0 Å². The number of nitrogens with two attached hydrogens (primary N) is 1. The minimum atomic E-state index is 0.637. The van der Waals surface area contributed by atoms with E-state index in [1.807, 2.05) is 37.3 Å². The van der Waals surface area contributed by atoms with Gasteiger partial charge in [-0.3, -0.25) is 0 Å². The van der Waals surface area contributed by atoms with Gasteiger partial charge < -0.3 is 5.73 Å². The Bertz CT molecular complexity index is 452. The van der Waals surface area contributed by atoms with Gasteiger partial charge >= 0.3 is 0 Å². The summed E-state index contributed by atoms with van der Waals surface area (Å²) in [6, 6.07) is 9.86. The van der Waals surface area contributed by atoms with Crippen LogP contribution < -0.4 is 5.73 Å². The Morgan fingerprint density at radius 1 is 1.21 bits per heavy atom. The van der Waals surface area contributed by atoms with Gasteiger partial charge in [-0.25, -0.2) is 0 Å². The molecule has 3 nitrogen and oxygen atoms in total. The van der Waals surface area contributed by atoms with Crippen molar-refractivity contribution in [3.05, 3.63) is 42.1 Å². The standard InChI is InChI=1S/C11H11N3/c1-8-4-2-3-5-10(8)11-6-9(12)7-13-14-11/h2-7H,1H3,(H2,12,14). The Labute approximate surface area is 82.6 Å². The van der Waals surface area contributed by atoms with Crippen molar-refractivity contribution in [3.8, 4) is 11.3 Å². The van der Waals surface area contributed by atoms with Crippen LogP contribution in [0.4, 0.5) is 5.69 Å². The van der Waals surface area contributed by atoms with E-state index >= 15 is 0 Å². The fraction of sp³-hybridized carbons (Fsp3) is 0.0909. The summed E-state index contributed by atoms with van der Waals surface area (Å²) in [6.45, 7) is 2.04. The third kappa shape index (κ3) is 1.57. The summed E-state index contributed by atoms with van der Waals surface area (Å²) in [5, 5.41) is 7.87. The van der Waals surface area contributed by atoms with E-state index in [1.165, 1.54) is 5.56 Å². The Morgan fingerprint density at radius 2 is 2.00 bits per heavy atom. The Morgan fingerprint density at radius 3 is 2.71 bits per heavy atom. The second-order valence-electron chi connectivity index (χ2n) is 3.19. The maximum absolute atomic E-state index is 5.64. The fourth-order valence-corrected chi connectivity index (χ4v) is 1.37. The molecule has 0 aliphatic carbocycles. The van der Waals surface area contributed by atoms with Gasteiger partial charge in [0.1, 0.15) is 0 Å². The van der Waals surface area contributed by atoms with Crippen molar-refractivity contribution in [2.24, 2.45) is 0 Å². The lowest BCUT2D eigenvalue weighted by Crippen LogP contribution is -1.93. The van der Waals surface area contributed by atoms with Crippen LogP contribution in [-0.4, -0.2) is 10.2 Å². The number of hydrogen-bond donors (Lipinski definition) is 1. The molecule has 2 rings (SSSR count). The lowest BCUT2D eigenvalue weighted by atomic mass is 10.1. The zero-order valence-electron chi connectivity index (χ0n) is 7.94. The third-order valence-corrected chi connectivity index (χ3v) is 2.10. The van der Waals surface area contributed by atoms with Crippen molar-refractivity contribution in [3.63, 3.8) is 0 Å². The summed E-state index contributed by atoms with van der Waals surface area (Å²) in [7, 11) is 0. The lowest BCUT2D eigenvalue weighted by molar-refractivity contribution is 1.04. The molecule has 0 aliphatic rings. The highest BCUT2D eigenvalue weighted by Crippen LogP contribution is 2.21. The van der Waals surface area contributed by atoms with Gasteiger partial charge in [-0.15, -0.1) is 0 Å². The van der Waals surface area contributed by atoms with E-state index in [0.29, 0.717) is 5.69 Å². The van der Waals surface area contributed by atoms with Gasteiger partial charge in [-0.1, -0.05) is 24.3 Å². The molecule has 0 amide bonds. The van der Waals surface area contributed by atoms with Crippen molar-refractivity contribution >= 4 is 5.69 Å². The Balaban J connectivity index is 2.55. The summed E-state index contributed by atoms with van der Waals surface area (Å²) >= 11 is 0. The molecule has 0 atom stereocenters. The topological polar surface area (TPSA) is 51.8 Å². The number of aromatic nitrogens is 2. The van der Waals surface area contributed by atoms with Crippen molar-refractivity contribution in [2.75, 3.05) is 5.73 Å². The predicted molar refractivity (Wildman–Crippen MR) is 56.6 cm³/mol. The van der Waals surface area contributed by atoms with Crippen LogP contribution in [0.1, 0.15) is 5.56 Å². The van der Waals surface area contributed by atoms with Gasteiger partial charge in [0.2, 0.25) is 0 Å². The van der Waals surface area contributed by atoms with Gasteiger partial charge in [0, 0.05) is 5.56 Å². The number of rotatable bonds is 1. The summed E-state index contributed by atoms with van der Waals surface area (Å²) in [5.74, 6) is 0. The minimum absolute atomic E-state index is 0.637. The Hall–Kier alpha value is -1.90. The quantitative estimate of drug-likeness (QED) is 0.739. The van der Waals surface area contributed by atoms with E-state index in [1.54, 1.807) is 6.20 Å². The van der Waals surface area contributed by atoms with E-state index in [-0.39, 0.29) is 0 Å². The van der Waals surface area contributed by atoms with Crippen LogP contribution in [-0.2, 0) is 0 Å². The number of aryl methyl sites for hydroxylation is 1. The molecule has 0 spiro atoms. The van der Waals surface area contributed by atoms with Crippen molar-refractivity contribution < 1.29 is 0 Å². The molecule has 14 heavy (non-hydrogen) atoms.